The fourth-order valence-corrected chi connectivity index (χ4v) is 4.82. The van der Waals surface area contributed by atoms with Crippen LogP contribution in [0.4, 0.5) is 0 Å². The van der Waals surface area contributed by atoms with Crippen molar-refractivity contribution >= 4 is 16.3 Å². The molecule has 1 aromatic rings. The molecule has 1 saturated carbocycles. The number of amides is 1. The van der Waals surface area contributed by atoms with Crippen LogP contribution in [0.2, 0.25) is 0 Å². The average Bonchev–Trinajstić information content (AvgIpc) is 3.30. The van der Waals surface area contributed by atoms with Crippen LogP contribution in [0.25, 0.3) is 0 Å². The van der Waals surface area contributed by atoms with Crippen molar-refractivity contribution in [1.82, 2.24) is 9.21 Å². The highest BCUT2D eigenvalue weighted by Gasteiger charge is 2.42. The number of hydrogen-bond acceptors (Lipinski definition) is 3. The maximum atomic E-state index is 13.0. The van der Waals surface area contributed by atoms with Gasteiger partial charge >= 0.3 is 0 Å². The zero-order valence-corrected chi connectivity index (χ0v) is 15.5. The molecule has 3 rings (SSSR count). The van der Waals surface area contributed by atoms with Crippen LogP contribution >= 0.6 is 0 Å². The SMILES string of the molecule is Cc1ccc([S+](=O)([O-])N2CC(=O)N(CC3CC3)CC(C)(C)C2)cc1. The van der Waals surface area contributed by atoms with Gasteiger partial charge in [0, 0.05) is 13.1 Å². The Kier molecular flexibility index (Phi) is 4.57. The summed E-state index contributed by atoms with van der Waals surface area (Å²) in [5.74, 6) is 0.521. The molecule has 1 saturated heterocycles. The summed E-state index contributed by atoms with van der Waals surface area (Å²) < 4.78 is 27.3. The van der Waals surface area contributed by atoms with Gasteiger partial charge in [-0.05, 0) is 43.2 Å². The lowest BCUT2D eigenvalue weighted by Crippen LogP contribution is -2.43. The fraction of sp³-hybridized carbons (Fsp3) is 0.611. The van der Waals surface area contributed by atoms with E-state index in [4.69, 9.17) is 0 Å². The molecule has 1 amide bonds. The molecule has 0 bridgehead atoms. The van der Waals surface area contributed by atoms with E-state index in [0.717, 1.165) is 12.1 Å². The van der Waals surface area contributed by atoms with Crippen molar-refractivity contribution in [3.63, 3.8) is 0 Å². The predicted molar refractivity (Wildman–Crippen MR) is 92.9 cm³/mol. The molecule has 5 nitrogen and oxygen atoms in total. The number of nitrogens with zero attached hydrogens (tertiary/aromatic N) is 2. The first-order chi connectivity index (χ1) is 11.2. The standard InChI is InChI=1S/C18H26N2O3S/c1-14-4-8-16(9-5-14)24(22,23)20-11-17(21)19(10-15-6-7-15)12-18(2,3)13-20/h4-5,8-9,15H,6-7,10-13H2,1-3H3. The summed E-state index contributed by atoms with van der Waals surface area (Å²) in [5.41, 5.74) is 0.746. The minimum atomic E-state index is -3.66. The summed E-state index contributed by atoms with van der Waals surface area (Å²) in [6.07, 6.45) is 2.35. The molecule has 2 fully saturated rings. The van der Waals surface area contributed by atoms with E-state index < -0.39 is 10.4 Å². The molecule has 132 valence electrons. The highest BCUT2D eigenvalue weighted by Crippen LogP contribution is 2.34. The smallest absolute Gasteiger partial charge is 0.241 e. The number of rotatable bonds is 4. The average molecular weight is 350 g/mol. The molecular weight excluding hydrogens is 324 g/mol. The molecule has 1 aromatic carbocycles. The van der Waals surface area contributed by atoms with Crippen molar-refractivity contribution in [3.8, 4) is 0 Å². The van der Waals surface area contributed by atoms with Gasteiger partial charge in [0.25, 0.3) is 0 Å². The number of carbonyl (C=O) groups excluding carboxylic acids is 1. The van der Waals surface area contributed by atoms with Gasteiger partial charge in [0.1, 0.15) is 6.54 Å². The zero-order valence-electron chi connectivity index (χ0n) is 14.7. The van der Waals surface area contributed by atoms with Crippen LogP contribution < -0.4 is 0 Å². The van der Waals surface area contributed by atoms with Crippen LogP contribution in [0, 0.1) is 18.3 Å². The highest BCUT2D eigenvalue weighted by molar-refractivity contribution is 7.95. The second-order valence-corrected chi connectivity index (χ2v) is 9.91. The van der Waals surface area contributed by atoms with Gasteiger partial charge in [-0.1, -0.05) is 35.8 Å². The van der Waals surface area contributed by atoms with Gasteiger partial charge in [-0.15, -0.1) is 4.31 Å². The summed E-state index contributed by atoms with van der Waals surface area (Å²) in [4.78, 5) is 14.7. The first-order valence-electron chi connectivity index (χ1n) is 8.52. The van der Waals surface area contributed by atoms with Gasteiger partial charge in [-0.2, -0.15) is 0 Å². The van der Waals surface area contributed by atoms with Gasteiger partial charge in [0.2, 0.25) is 5.91 Å². The molecule has 0 radical (unpaired) electrons. The van der Waals surface area contributed by atoms with Crippen LogP contribution in [0.1, 0.15) is 32.3 Å². The van der Waals surface area contributed by atoms with E-state index in [0.29, 0.717) is 19.0 Å². The predicted octanol–water partition coefficient (Wildman–Crippen LogP) is 2.48. The quantitative estimate of drug-likeness (QED) is 0.784. The third kappa shape index (κ3) is 3.87. The Bertz CT molecular complexity index is 667. The topological polar surface area (TPSA) is 63.7 Å². The number of carbonyl (C=O) groups is 1. The Morgan fingerprint density at radius 3 is 2.42 bits per heavy atom. The third-order valence-electron chi connectivity index (χ3n) is 4.72. The maximum Gasteiger partial charge on any atom is 0.241 e. The van der Waals surface area contributed by atoms with Crippen LogP contribution in [0.3, 0.4) is 0 Å². The lowest BCUT2D eigenvalue weighted by molar-refractivity contribution is -0.131. The molecule has 2 aliphatic rings. The van der Waals surface area contributed by atoms with E-state index in [1.807, 2.05) is 25.7 Å². The Hall–Kier alpha value is -1.24. The van der Waals surface area contributed by atoms with Crippen LogP contribution in [-0.2, 0) is 19.4 Å². The van der Waals surface area contributed by atoms with Gasteiger partial charge in [-0.25, -0.2) is 0 Å². The molecule has 0 N–H and O–H groups in total. The summed E-state index contributed by atoms with van der Waals surface area (Å²) in [5, 5.41) is 0. The minimum absolute atomic E-state index is 0.0631. The number of benzene rings is 1. The van der Waals surface area contributed by atoms with Crippen LogP contribution in [0.15, 0.2) is 29.2 Å². The molecule has 1 aliphatic heterocycles. The molecule has 0 spiro atoms. The second kappa shape index (κ2) is 6.24. The molecular formula is C18H26N2O3S. The summed E-state index contributed by atoms with van der Waals surface area (Å²) in [7, 11) is -3.66. The Morgan fingerprint density at radius 2 is 1.83 bits per heavy atom. The summed E-state index contributed by atoms with van der Waals surface area (Å²) in [6, 6.07) is 6.82. The summed E-state index contributed by atoms with van der Waals surface area (Å²) >= 11 is 0. The van der Waals surface area contributed by atoms with Gasteiger partial charge in [-0.3, -0.25) is 4.79 Å². The summed E-state index contributed by atoms with van der Waals surface area (Å²) in [6.45, 7) is 7.66. The number of sulfonamides is 1. The fourth-order valence-electron chi connectivity index (χ4n) is 3.25. The van der Waals surface area contributed by atoms with Gasteiger partial charge in [0.15, 0.2) is 15.3 Å². The lowest BCUT2D eigenvalue weighted by Gasteiger charge is -2.31. The first-order valence-corrected chi connectivity index (χ1v) is 9.96. The molecule has 6 heteroatoms. The highest BCUT2D eigenvalue weighted by atomic mass is 32.3. The largest absolute Gasteiger partial charge is 0.593 e. The van der Waals surface area contributed by atoms with Crippen molar-refractivity contribution in [1.29, 1.82) is 0 Å². The molecule has 1 heterocycles. The maximum absolute atomic E-state index is 13.0. The third-order valence-corrected chi connectivity index (χ3v) is 6.53. The zero-order chi connectivity index (χ0) is 17.5. The molecule has 1 unspecified atom stereocenters. The van der Waals surface area contributed by atoms with Gasteiger partial charge < -0.3 is 9.45 Å². The monoisotopic (exact) mass is 350 g/mol. The van der Waals surface area contributed by atoms with Crippen molar-refractivity contribution in [3.05, 3.63) is 29.8 Å². The minimum Gasteiger partial charge on any atom is -0.593 e. The lowest BCUT2D eigenvalue weighted by atomic mass is 9.93. The Balaban J connectivity index is 1.85. The van der Waals surface area contributed by atoms with E-state index in [2.05, 4.69) is 0 Å². The van der Waals surface area contributed by atoms with E-state index in [1.165, 1.54) is 17.1 Å². The van der Waals surface area contributed by atoms with E-state index in [-0.39, 0.29) is 22.8 Å². The molecule has 1 atom stereocenters. The Morgan fingerprint density at radius 1 is 1.21 bits per heavy atom. The number of hydrogen-bond donors (Lipinski definition) is 0. The van der Waals surface area contributed by atoms with Crippen LogP contribution in [-0.4, -0.2) is 45.8 Å². The Labute approximate surface area is 145 Å². The molecule has 1 aliphatic carbocycles. The van der Waals surface area contributed by atoms with Crippen molar-refractivity contribution in [2.45, 2.75) is 38.5 Å². The second-order valence-electron chi connectivity index (χ2n) is 7.97. The van der Waals surface area contributed by atoms with E-state index in [1.54, 1.807) is 24.3 Å². The van der Waals surface area contributed by atoms with Crippen LogP contribution in [0.5, 0.6) is 0 Å². The molecule has 24 heavy (non-hydrogen) atoms. The van der Waals surface area contributed by atoms with Crippen molar-refractivity contribution in [2.24, 2.45) is 11.3 Å². The normalized spacial score (nSPS) is 24.5. The van der Waals surface area contributed by atoms with Gasteiger partial charge in [0.05, 0.1) is 6.54 Å². The number of aryl methyl sites for hydroxylation is 1. The van der Waals surface area contributed by atoms with E-state index in [9.17, 15) is 13.6 Å². The first kappa shape index (κ1) is 17.6. The van der Waals surface area contributed by atoms with Crippen molar-refractivity contribution in [2.75, 3.05) is 26.2 Å². The van der Waals surface area contributed by atoms with E-state index >= 15 is 0 Å². The molecule has 0 aromatic heterocycles. The van der Waals surface area contributed by atoms with Crippen molar-refractivity contribution < 1.29 is 13.6 Å².